The third-order valence-corrected chi connectivity index (χ3v) is 4.92. The number of aliphatic hydroxyl groups is 1. The number of benzene rings is 2. The Bertz CT molecular complexity index is 1080. The summed E-state index contributed by atoms with van der Waals surface area (Å²) < 4.78 is 15.2. The number of nitrogens with one attached hydrogen (secondary N) is 2. The third-order valence-electron chi connectivity index (χ3n) is 4.92. The number of hydrogen-bond donors (Lipinski definition) is 3. The smallest absolute Gasteiger partial charge is 0.255 e. The van der Waals surface area contributed by atoms with Gasteiger partial charge in [-0.2, -0.15) is 10.1 Å². The molecule has 30 heavy (non-hydrogen) atoms. The van der Waals surface area contributed by atoms with Crippen molar-refractivity contribution in [3.05, 3.63) is 83.1 Å². The van der Waals surface area contributed by atoms with Crippen molar-refractivity contribution in [2.24, 2.45) is 0 Å². The molecular formula is C22H22FN5O2. The largest absolute Gasteiger partial charge is 0.396 e. The van der Waals surface area contributed by atoms with E-state index in [4.69, 9.17) is 5.11 Å². The highest BCUT2D eigenvalue weighted by Crippen LogP contribution is 2.35. The topological polar surface area (TPSA) is 92.1 Å². The number of carbonyl (C=O) groups excluding carboxylic acids is 1. The average Bonchev–Trinajstić information content (AvgIpc) is 3.15. The molecule has 0 bridgehead atoms. The van der Waals surface area contributed by atoms with Gasteiger partial charge < -0.3 is 15.7 Å². The summed E-state index contributed by atoms with van der Waals surface area (Å²) >= 11 is 0. The van der Waals surface area contributed by atoms with Crippen LogP contribution < -0.4 is 10.6 Å². The first-order chi connectivity index (χ1) is 14.6. The van der Waals surface area contributed by atoms with Crippen molar-refractivity contribution in [3.63, 3.8) is 0 Å². The number of anilines is 2. The van der Waals surface area contributed by atoms with E-state index >= 15 is 0 Å². The van der Waals surface area contributed by atoms with Gasteiger partial charge in [0.1, 0.15) is 11.9 Å². The number of halogens is 1. The minimum Gasteiger partial charge on any atom is -0.396 e. The predicted molar refractivity (Wildman–Crippen MR) is 111 cm³/mol. The number of aryl methyl sites for hydroxylation is 1. The van der Waals surface area contributed by atoms with E-state index in [2.05, 4.69) is 20.7 Å². The summed E-state index contributed by atoms with van der Waals surface area (Å²) in [5.41, 5.74) is 2.51. The Morgan fingerprint density at radius 2 is 1.93 bits per heavy atom. The van der Waals surface area contributed by atoms with Crippen molar-refractivity contribution in [2.75, 3.05) is 17.2 Å². The standard InChI is InChI=1S/C22H22FN5O2/c1-14-19(21(30)25-17-6-3-2-4-7-17)20(15-9-11-16(23)12-10-15)28-22(24-14)26-18(27-28)8-5-13-29/h2-4,6-7,9-12,20,29H,5,8,13H2,1H3,(H,25,30)(H,24,26,27). The van der Waals surface area contributed by atoms with Gasteiger partial charge in [0, 0.05) is 24.4 Å². The SMILES string of the molecule is CC1=C(C(=O)Nc2ccccc2)C(c2ccc(F)cc2)n2nc(CCCO)nc2N1. The minimum atomic E-state index is -0.569. The molecule has 1 unspecified atom stereocenters. The Labute approximate surface area is 173 Å². The number of aliphatic hydroxyl groups excluding tert-OH is 1. The number of amides is 1. The van der Waals surface area contributed by atoms with Gasteiger partial charge in [0.15, 0.2) is 5.82 Å². The molecule has 1 amide bonds. The first-order valence-corrected chi connectivity index (χ1v) is 9.72. The first-order valence-electron chi connectivity index (χ1n) is 9.72. The highest BCUT2D eigenvalue weighted by atomic mass is 19.1. The lowest BCUT2D eigenvalue weighted by Gasteiger charge is -2.28. The molecule has 154 valence electrons. The van der Waals surface area contributed by atoms with Gasteiger partial charge in [-0.25, -0.2) is 9.07 Å². The number of allylic oxidation sites excluding steroid dienone is 1. The maximum Gasteiger partial charge on any atom is 0.255 e. The van der Waals surface area contributed by atoms with Crippen LogP contribution in [0.3, 0.4) is 0 Å². The number of nitrogens with zero attached hydrogens (tertiary/aromatic N) is 3. The molecule has 0 spiro atoms. The number of para-hydroxylation sites is 1. The van der Waals surface area contributed by atoms with E-state index in [1.165, 1.54) is 12.1 Å². The maximum atomic E-state index is 13.6. The van der Waals surface area contributed by atoms with Crippen molar-refractivity contribution in [1.29, 1.82) is 0 Å². The lowest BCUT2D eigenvalue weighted by Crippen LogP contribution is -2.31. The van der Waals surface area contributed by atoms with Crippen molar-refractivity contribution >= 4 is 17.5 Å². The third kappa shape index (κ3) is 3.95. The molecule has 0 radical (unpaired) electrons. The van der Waals surface area contributed by atoms with Gasteiger partial charge in [-0.05, 0) is 43.2 Å². The van der Waals surface area contributed by atoms with Crippen LogP contribution in [0.4, 0.5) is 16.0 Å². The van der Waals surface area contributed by atoms with Crippen LogP contribution in [0.15, 0.2) is 65.9 Å². The molecular weight excluding hydrogens is 385 g/mol. The molecule has 3 aromatic rings. The summed E-state index contributed by atoms with van der Waals surface area (Å²) in [4.78, 5) is 17.7. The Morgan fingerprint density at radius 1 is 1.20 bits per heavy atom. The van der Waals surface area contributed by atoms with Gasteiger partial charge in [-0.15, -0.1) is 0 Å². The summed E-state index contributed by atoms with van der Waals surface area (Å²) in [6.45, 7) is 1.85. The molecule has 2 heterocycles. The molecule has 1 aliphatic rings. The van der Waals surface area contributed by atoms with Crippen LogP contribution in [0.25, 0.3) is 0 Å². The van der Waals surface area contributed by atoms with Crippen LogP contribution in [0.5, 0.6) is 0 Å². The highest BCUT2D eigenvalue weighted by Gasteiger charge is 2.34. The second kappa shape index (κ2) is 8.46. The second-order valence-corrected chi connectivity index (χ2v) is 7.06. The summed E-state index contributed by atoms with van der Waals surface area (Å²) in [5.74, 6) is 0.437. The molecule has 0 fully saturated rings. The number of aromatic nitrogens is 3. The second-order valence-electron chi connectivity index (χ2n) is 7.06. The molecule has 4 rings (SSSR count). The number of carbonyl (C=O) groups is 1. The molecule has 2 aromatic carbocycles. The van der Waals surface area contributed by atoms with E-state index in [1.54, 1.807) is 16.8 Å². The van der Waals surface area contributed by atoms with Crippen LogP contribution in [0, 0.1) is 5.82 Å². The van der Waals surface area contributed by atoms with E-state index in [0.717, 1.165) is 5.56 Å². The fourth-order valence-corrected chi connectivity index (χ4v) is 3.51. The van der Waals surface area contributed by atoms with Gasteiger partial charge >= 0.3 is 0 Å². The molecule has 1 atom stereocenters. The number of hydrogen-bond acceptors (Lipinski definition) is 5. The molecule has 7 nitrogen and oxygen atoms in total. The summed E-state index contributed by atoms with van der Waals surface area (Å²) in [7, 11) is 0. The summed E-state index contributed by atoms with van der Waals surface area (Å²) in [6, 6.07) is 14.6. The predicted octanol–water partition coefficient (Wildman–Crippen LogP) is 3.27. The van der Waals surface area contributed by atoms with Crippen LogP contribution >= 0.6 is 0 Å². The Hall–Kier alpha value is -3.52. The Morgan fingerprint density at radius 3 is 2.63 bits per heavy atom. The highest BCUT2D eigenvalue weighted by molar-refractivity contribution is 6.06. The fraction of sp³-hybridized carbons (Fsp3) is 0.227. The van der Waals surface area contributed by atoms with Gasteiger partial charge in [-0.3, -0.25) is 4.79 Å². The molecule has 0 aliphatic carbocycles. The lowest BCUT2D eigenvalue weighted by molar-refractivity contribution is -0.113. The zero-order valence-corrected chi connectivity index (χ0v) is 16.5. The Balaban J connectivity index is 1.75. The van der Waals surface area contributed by atoms with Crippen LogP contribution in [-0.2, 0) is 11.2 Å². The molecule has 8 heteroatoms. The van der Waals surface area contributed by atoms with E-state index in [0.29, 0.717) is 41.6 Å². The zero-order valence-electron chi connectivity index (χ0n) is 16.5. The molecule has 0 saturated carbocycles. The van der Waals surface area contributed by atoms with E-state index in [9.17, 15) is 9.18 Å². The molecule has 0 saturated heterocycles. The lowest BCUT2D eigenvalue weighted by atomic mass is 9.95. The van der Waals surface area contributed by atoms with Crippen LogP contribution in [0.1, 0.15) is 30.8 Å². The van der Waals surface area contributed by atoms with Crippen LogP contribution in [0.2, 0.25) is 0 Å². The monoisotopic (exact) mass is 407 g/mol. The Kier molecular flexibility index (Phi) is 5.58. The van der Waals surface area contributed by atoms with E-state index < -0.39 is 6.04 Å². The van der Waals surface area contributed by atoms with Crippen molar-refractivity contribution in [2.45, 2.75) is 25.8 Å². The van der Waals surface area contributed by atoms with Gasteiger partial charge in [0.25, 0.3) is 5.91 Å². The van der Waals surface area contributed by atoms with E-state index in [-0.39, 0.29) is 18.3 Å². The quantitative estimate of drug-likeness (QED) is 0.583. The fourth-order valence-electron chi connectivity index (χ4n) is 3.51. The van der Waals surface area contributed by atoms with Crippen molar-refractivity contribution in [3.8, 4) is 0 Å². The first kappa shape index (κ1) is 19.8. The minimum absolute atomic E-state index is 0.0424. The maximum absolute atomic E-state index is 13.6. The normalized spacial score (nSPS) is 15.5. The van der Waals surface area contributed by atoms with Gasteiger partial charge in [-0.1, -0.05) is 30.3 Å². The molecule has 3 N–H and O–H groups in total. The van der Waals surface area contributed by atoms with E-state index in [1.807, 2.05) is 37.3 Å². The molecule has 1 aliphatic heterocycles. The summed E-state index contributed by atoms with van der Waals surface area (Å²) in [5, 5.41) is 19.8. The van der Waals surface area contributed by atoms with Gasteiger partial charge in [0.2, 0.25) is 5.95 Å². The van der Waals surface area contributed by atoms with Gasteiger partial charge in [0.05, 0.1) is 5.57 Å². The van der Waals surface area contributed by atoms with Crippen LogP contribution in [-0.4, -0.2) is 32.4 Å². The van der Waals surface area contributed by atoms with Crippen molar-refractivity contribution in [1.82, 2.24) is 14.8 Å². The number of fused-ring (bicyclic) bond motifs is 1. The summed E-state index contributed by atoms with van der Waals surface area (Å²) in [6.07, 6.45) is 1.05. The molecule has 1 aromatic heterocycles. The zero-order chi connectivity index (χ0) is 21.1. The number of rotatable bonds is 6. The van der Waals surface area contributed by atoms with Crippen molar-refractivity contribution < 1.29 is 14.3 Å². The average molecular weight is 407 g/mol.